The molecule has 2 aromatic rings. The zero-order valence-electron chi connectivity index (χ0n) is 17.8. The number of rotatable bonds is 7. The number of ether oxygens (including phenoxy) is 1. The van der Waals surface area contributed by atoms with E-state index in [4.69, 9.17) is 4.74 Å². The van der Waals surface area contributed by atoms with Crippen LogP contribution in [0.2, 0.25) is 0 Å². The number of nitrogens with one attached hydrogen (secondary N) is 1. The van der Waals surface area contributed by atoms with Gasteiger partial charge in [0.2, 0.25) is 0 Å². The number of benzene rings is 1. The van der Waals surface area contributed by atoms with Crippen LogP contribution in [0.25, 0.3) is 0 Å². The van der Waals surface area contributed by atoms with E-state index in [-0.39, 0.29) is 18.4 Å². The van der Waals surface area contributed by atoms with Crippen LogP contribution < -0.4 is 5.32 Å². The summed E-state index contributed by atoms with van der Waals surface area (Å²) in [4.78, 5) is 25.3. The number of amides is 1. The Kier molecular flexibility index (Phi) is 5.59. The van der Waals surface area contributed by atoms with Crippen molar-refractivity contribution in [2.75, 3.05) is 6.61 Å². The molecule has 2 unspecified atom stereocenters. The molecule has 0 bridgehead atoms. The van der Waals surface area contributed by atoms with Gasteiger partial charge < -0.3 is 19.7 Å². The van der Waals surface area contributed by atoms with Crippen molar-refractivity contribution >= 4 is 11.9 Å². The third-order valence-corrected chi connectivity index (χ3v) is 6.46. The fraction of sp³-hybridized carbons (Fsp3) is 0.478. The van der Waals surface area contributed by atoms with Gasteiger partial charge in [-0.3, -0.25) is 4.79 Å². The van der Waals surface area contributed by atoms with Crippen molar-refractivity contribution < 1.29 is 19.4 Å². The van der Waals surface area contributed by atoms with E-state index in [0.717, 1.165) is 17.0 Å². The fourth-order valence-electron chi connectivity index (χ4n) is 4.34. The molecule has 156 valence electrons. The number of carbonyl (C=O) groups is 2. The number of carboxylic acids is 1. The minimum atomic E-state index is -1.34. The first-order chi connectivity index (χ1) is 13.6. The van der Waals surface area contributed by atoms with Gasteiger partial charge in [0.05, 0.1) is 11.7 Å². The predicted molar refractivity (Wildman–Crippen MR) is 111 cm³/mol. The molecule has 6 heteroatoms. The molecule has 29 heavy (non-hydrogen) atoms. The van der Waals surface area contributed by atoms with Crippen LogP contribution in [0.3, 0.4) is 0 Å². The monoisotopic (exact) mass is 398 g/mol. The Morgan fingerprint density at radius 1 is 1.24 bits per heavy atom. The molecule has 1 aliphatic carbocycles. The second kappa shape index (κ2) is 7.67. The number of carboxylic acid groups (broad SMARTS) is 1. The largest absolute Gasteiger partial charge is 0.479 e. The van der Waals surface area contributed by atoms with Crippen molar-refractivity contribution in [3.05, 3.63) is 58.9 Å². The molecule has 1 aliphatic rings. The summed E-state index contributed by atoms with van der Waals surface area (Å²) in [6.07, 6.45) is 0.0620. The van der Waals surface area contributed by atoms with Crippen LogP contribution in [0.4, 0.5) is 0 Å². The minimum Gasteiger partial charge on any atom is -0.479 e. The van der Waals surface area contributed by atoms with Gasteiger partial charge in [0.25, 0.3) is 5.91 Å². The van der Waals surface area contributed by atoms with Gasteiger partial charge in [-0.05, 0) is 32.4 Å². The average molecular weight is 399 g/mol. The highest BCUT2D eigenvalue weighted by Gasteiger charge is 2.66. The molecule has 0 saturated heterocycles. The molecule has 0 spiro atoms. The van der Waals surface area contributed by atoms with E-state index in [0.29, 0.717) is 18.7 Å². The van der Waals surface area contributed by atoms with Gasteiger partial charge in [-0.1, -0.05) is 44.2 Å². The van der Waals surface area contributed by atoms with E-state index in [1.165, 1.54) is 0 Å². The van der Waals surface area contributed by atoms with Crippen LogP contribution in [-0.4, -0.2) is 39.8 Å². The van der Waals surface area contributed by atoms with Gasteiger partial charge in [-0.25, -0.2) is 4.79 Å². The van der Waals surface area contributed by atoms with Crippen LogP contribution in [0, 0.1) is 19.3 Å². The van der Waals surface area contributed by atoms with Crippen molar-refractivity contribution in [2.45, 2.75) is 59.2 Å². The van der Waals surface area contributed by atoms with Gasteiger partial charge in [0.1, 0.15) is 5.54 Å². The summed E-state index contributed by atoms with van der Waals surface area (Å²) in [6, 6.07) is 11.9. The van der Waals surface area contributed by atoms with Crippen LogP contribution in [-0.2, 0) is 16.1 Å². The average Bonchev–Trinajstić information content (AvgIpc) is 2.95. The second-order valence-electron chi connectivity index (χ2n) is 8.39. The SMILES string of the molecule is CCOC1CC(NC(=O)c2cc(C)n(Cc3ccccc3)c2C)(C(=O)O)C1(C)C. The first-order valence-electron chi connectivity index (χ1n) is 10.0. The van der Waals surface area contributed by atoms with E-state index in [1.54, 1.807) is 0 Å². The number of aromatic nitrogens is 1. The first-order valence-corrected chi connectivity index (χ1v) is 10.0. The van der Waals surface area contributed by atoms with Crippen molar-refractivity contribution in [3.8, 4) is 0 Å². The summed E-state index contributed by atoms with van der Waals surface area (Å²) in [5.74, 6) is -1.38. The summed E-state index contributed by atoms with van der Waals surface area (Å²) in [6.45, 7) is 10.6. The third-order valence-electron chi connectivity index (χ3n) is 6.46. The molecule has 0 radical (unpaired) electrons. The third kappa shape index (κ3) is 3.46. The molecule has 1 aromatic heterocycles. The summed E-state index contributed by atoms with van der Waals surface area (Å²) in [5, 5.41) is 12.8. The van der Waals surface area contributed by atoms with E-state index in [1.807, 2.05) is 71.0 Å². The Balaban J connectivity index is 1.85. The highest BCUT2D eigenvalue weighted by molar-refractivity contribution is 5.99. The number of aryl methyl sites for hydroxylation is 1. The Morgan fingerprint density at radius 2 is 1.90 bits per heavy atom. The van der Waals surface area contributed by atoms with Crippen molar-refractivity contribution in [2.24, 2.45) is 5.41 Å². The second-order valence-corrected chi connectivity index (χ2v) is 8.39. The quantitative estimate of drug-likeness (QED) is 0.748. The van der Waals surface area contributed by atoms with Gasteiger partial charge in [-0.2, -0.15) is 0 Å². The van der Waals surface area contributed by atoms with Crippen LogP contribution in [0.1, 0.15) is 54.5 Å². The lowest BCUT2D eigenvalue weighted by Crippen LogP contribution is -2.76. The fourth-order valence-corrected chi connectivity index (χ4v) is 4.34. The summed E-state index contributed by atoms with van der Waals surface area (Å²) >= 11 is 0. The Hall–Kier alpha value is -2.60. The van der Waals surface area contributed by atoms with E-state index < -0.39 is 16.9 Å². The molecule has 3 rings (SSSR count). The Morgan fingerprint density at radius 3 is 2.45 bits per heavy atom. The molecule has 1 amide bonds. The van der Waals surface area contributed by atoms with Crippen LogP contribution in [0.5, 0.6) is 0 Å². The molecule has 6 nitrogen and oxygen atoms in total. The zero-order chi connectivity index (χ0) is 21.4. The molecule has 1 fully saturated rings. The normalized spacial score (nSPS) is 22.7. The van der Waals surface area contributed by atoms with E-state index >= 15 is 0 Å². The highest BCUT2D eigenvalue weighted by Crippen LogP contribution is 2.51. The lowest BCUT2D eigenvalue weighted by molar-refractivity contribution is -0.190. The van der Waals surface area contributed by atoms with Gasteiger partial charge >= 0.3 is 5.97 Å². The highest BCUT2D eigenvalue weighted by atomic mass is 16.5. The zero-order valence-corrected chi connectivity index (χ0v) is 17.8. The van der Waals surface area contributed by atoms with E-state index in [9.17, 15) is 14.7 Å². The topological polar surface area (TPSA) is 80.6 Å². The molecule has 1 heterocycles. The molecule has 0 aliphatic heterocycles. The smallest absolute Gasteiger partial charge is 0.330 e. The van der Waals surface area contributed by atoms with Gasteiger partial charge in [0.15, 0.2) is 0 Å². The van der Waals surface area contributed by atoms with Crippen molar-refractivity contribution in [1.82, 2.24) is 9.88 Å². The van der Waals surface area contributed by atoms with Crippen molar-refractivity contribution in [1.29, 1.82) is 0 Å². The molecule has 1 saturated carbocycles. The van der Waals surface area contributed by atoms with E-state index in [2.05, 4.69) is 9.88 Å². The van der Waals surface area contributed by atoms with Crippen LogP contribution >= 0.6 is 0 Å². The standard InChI is InChI=1S/C23H30N2O4/c1-6-29-19-13-23(21(27)28,22(19,4)5)24-20(26)18-12-15(2)25(16(18)3)14-17-10-8-7-9-11-17/h7-12,19H,6,13-14H2,1-5H3,(H,24,26)(H,27,28). The molecule has 2 atom stereocenters. The number of hydrogen-bond acceptors (Lipinski definition) is 3. The summed E-state index contributed by atoms with van der Waals surface area (Å²) in [7, 11) is 0. The van der Waals surface area contributed by atoms with Gasteiger partial charge in [-0.15, -0.1) is 0 Å². The maximum absolute atomic E-state index is 13.1. The summed E-state index contributed by atoms with van der Waals surface area (Å²) in [5.41, 5.74) is 1.38. The van der Waals surface area contributed by atoms with Gasteiger partial charge in [0, 0.05) is 36.4 Å². The molecular formula is C23H30N2O4. The molecule has 1 aromatic carbocycles. The first kappa shape index (κ1) is 21.1. The number of nitrogens with zero attached hydrogens (tertiary/aromatic N) is 1. The summed E-state index contributed by atoms with van der Waals surface area (Å²) < 4.78 is 7.76. The minimum absolute atomic E-state index is 0.200. The maximum Gasteiger partial charge on any atom is 0.330 e. The number of carbonyl (C=O) groups excluding carboxylic acids is 1. The Labute approximate surface area is 171 Å². The van der Waals surface area contributed by atoms with Crippen molar-refractivity contribution in [3.63, 3.8) is 0 Å². The maximum atomic E-state index is 13.1. The number of hydrogen-bond donors (Lipinski definition) is 2. The predicted octanol–water partition coefficient (Wildman–Crippen LogP) is 3.54. The molecular weight excluding hydrogens is 368 g/mol. The van der Waals surface area contributed by atoms with Crippen LogP contribution in [0.15, 0.2) is 36.4 Å². The Bertz CT molecular complexity index is 916. The lowest BCUT2D eigenvalue weighted by atomic mass is 9.54. The number of aliphatic carboxylic acids is 1. The lowest BCUT2D eigenvalue weighted by Gasteiger charge is -2.58. The molecule has 2 N–H and O–H groups in total.